The summed E-state index contributed by atoms with van der Waals surface area (Å²) in [6.45, 7) is 2.35. The molecule has 6 heteroatoms. The predicted octanol–water partition coefficient (Wildman–Crippen LogP) is 2.50. The van der Waals surface area contributed by atoms with Crippen LogP contribution in [0.4, 0.5) is 0 Å². The molecule has 0 saturated heterocycles. The molecule has 1 aromatic heterocycles. The van der Waals surface area contributed by atoms with E-state index in [0.717, 1.165) is 41.8 Å². The lowest BCUT2D eigenvalue weighted by molar-refractivity contribution is -0.133. The second-order valence-corrected chi connectivity index (χ2v) is 7.75. The number of aryl methyl sites for hydroxylation is 1. The first-order chi connectivity index (χ1) is 14.2. The normalized spacial score (nSPS) is 15.8. The molecule has 29 heavy (non-hydrogen) atoms. The third-order valence-corrected chi connectivity index (χ3v) is 5.41. The summed E-state index contributed by atoms with van der Waals surface area (Å²) in [6, 6.07) is 11.9. The van der Waals surface area contributed by atoms with Gasteiger partial charge in [-0.05, 0) is 43.0 Å². The van der Waals surface area contributed by atoms with Crippen LogP contribution < -0.4 is 10.1 Å². The number of carbonyl (C=O) groups excluding carboxylic acids is 2. The lowest BCUT2D eigenvalue weighted by atomic mass is 10.0. The highest BCUT2D eigenvalue weighted by Gasteiger charge is 2.34. The van der Waals surface area contributed by atoms with Crippen LogP contribution in [0.15, 0.2) is 42.6 Å². The Morgan fingerprint density at radius 1 is 1.17 bits per heavy atom. The summed E-state index contributed by atoms with van der Waals surface area (Å²) in [4.78, 5) is 30.8. The third kappa shape index (κ3) is 5.34. The number of carbonyl (C=O) groups is 2. The first kappa shape index (κ1) is 19.4. The lowest BCUT2D eigenvalue weighted by Gasteiger charge is -2.19. The highest BCUT2D eigenvalue weighted by atomic mass is 16.5. The van der Waals surface area contributed by atoms with Crippen molar-refractivity contribution >= 4 is 11.8 Å². The zero-order valence-electron chi connectivity index (χ0n) is 16.6. The van der Waals surface area contributed by atoms with Gasteiger partial charge in [-0.2, -0.15) is 0 Å². The first-order valence-corrected chi connectivity index (χ1v) is 10.4. The highest BCUT2D eigenvalue weighted by Crippen LogP contribution is 2.33. The van der Waals surface area contributed by atoms with Crippen molar-refractivity contribution in [1.29, 1.82) is 0 Å². The van der Waals surface area contributed by atoms with Crippen LogP contribution in [0.25, 0.3) is 0 Å². The Morgan fingerprint density at radius 2 is 2.07 bits per heavy atom. The number of aromatic nitrogens is 1. The van der Waals surface area contributed by atoms with Crippen LogP contribution in [0.1, 0.15) is 36.1 Å². The van der Waals surface area contributed by atoms with E-state index in [2.05, 4.69) is 16.4 Å². The van der Waals surface area contributed by atoms with Crippen molar-refractivity contribution in [3.63, 3.8) is 0 Å². The number of rotatable bonds is 7. The molecule has 6 nitrogen and oxygen atoms in total. The van der Waals surface area contributed by atoms with E-state index in [0.29, 0.717) is 39.1 Å². The molecule has 1 aromatic carbocycles. The summed E-state index contributed by atoms with van der Waals surface area (Å²) >= 11 is 0. The van der Waals surface area contributed by atoms with Crippen LogP contribution >= 0.6 is 0 Å². The van der Waals surface area contributed by atoms with Crippen LogP contribution in [0.2, 0.25) is 0 Å². The number of ether oxygens (including phenoxy) is 1. The third-order valence-electron chi connectivity index (χ3n) is 5.41. The van der Waals surface area contributed by atoms with E-state index in [1.165, 1.54) is 0 Å². The molecule has 4 rings (SSSR count). The van der Waals surface area contributed by atoms with Crippen molar-refractivity contribution in [2.24, 2.45) is 5.92 Å². The largest absolute Gasteiger partial charge is 0.491 e. The molecule has 0 spiro atoms. The summed E-state index contributed by atoms with van der Waals surface area (Å²) in [5, 5.41) is 2.96. The number of benzene rings is 1. The molecule has 0 unspecified atom stereocenters. The van der Waals surface area contributed by atoms with Gasteiger partial charge in [0.1, 0.15) is 12.4 Å². The quantitative estimate of drug-likeness (QED) is 0.785. The standard InChI is InChI=1S/C23H27N3O3/c27-22(25-12-10-20-3-1-2-11-24-20)9-5-17-4-8-21-19(15-17)16-26(13-14-29-21)23(28)18-6-7-18/h1-4,8,11,15,18H,5-7,9-10,12-14,16H2,(H,25,27). The number of hydrogen-bond donors (Lipinski definition) is 1. The number of amides is 2. The first-order valence-electron chi connectivity index (χ1n) is 10.4. The van der Waals surface area contributed by atoms with E-state index in [4.69, 9.17) is 4.74 Å². The molecule has 0 atom stereocenters. The molecule has 0 radical (unpaired) electrons. The molecule has 2 amide bonds. The van der Waals surface area contributed by atoms with E-state index in [1.54, 1.807) is 6.20 Å². The molecule has 2 aromatic rings. The van der Waals surface area contributed by atoms with Crippen molar-refractivity contribution in [3.05, 3.63) is 59.4 Å². The van der Waals surface area contributed by atoms with E-state index >= 15 is 0 Å². The second-order valence-electron chi connectivity index (χ2n) is 7.75. The fourth-order valence-electron chi connectivity index (χ4n) is 3.60. The van der Waals surface area contributed by atoms with Crippen molar-refractivity contribution < 1.29 is 14.3 Å². The van der Waals surface area contributed by atoms with Gasteiger partial charge >= 0.3 is 0 Å². The number of pyridine rings is 1. The van der Waals surface area contributed by atoms with Gasteiger partial charge in [-0.15, -0.1) is 0 Å². The van der Waals surface area contributed by atoms with E-state index in [1.807, 2.05) is 35.2 Å². The fourth-order valence-corrected chi connectivity index (χ4v) is 3.60. The molecular formula is C23H27N3O3. The van der Waals surface area contributed by atoms with Gasteiger partial charge in [0.15, 0.2) is 0 Å². The molecule has 152 valence electrons. The Bertz CT molecular complexity index is 865. The summed E-state index contributed by atoms with van der Waals surface area (Å²) in [6.07, 6.45) is 5.62. The maximum absolute atomic E-state index is 12.4. The van der Waals surface area contributed by atoms with Gasteiger partial charge in [-0.25, -0.2) is 0 Å². The minimum atomic E-state index is 0.0395. The van der Waals surface area contributed by atoms with Crippen LogP contribution in [0, 0.1) is 5.92 Å². The number of nitrogens with one attached hydrogen (secondary N) is 1. The van der Waals surface area contributed by atoms with Crippen LogP contribution in [-0.4, -0.2) is 41.4 Å². The Kier molecular flexibility index (Phi) is 6.08. The van der Waals surface area contributed by atoms with E-state index in [-0.39, 0.29) is 17.7 Å². The van der Waals surface area contributed by atoms with Gasteiger partial charge in [0.25, 0.3) is 0 Å². The van der Waals surface area contributed by atoms with Crippen molar-refractivity contribution in [3.8, 4) is 5.75 Å². The minimum absolute atomic E-state index is 0.0395. The van der Waals surface area contributed by atoms with Crippen LogP contribution in [0.3, 0.4) is 0 Å². The minimum Gasteiger partial charge on any atom is -0.491 e. The second kappa shape index (κ2) is 9.07. The number of hydrogen-bond acceptors (Lipinski definition) is 4. The molecule has 1 fully saturated rings. The molecule has 2 heterocycles. The molecule has 1 saturated carbocycles. The summed E-state index contributed by atoms with van der Waals surface area (Å²) in [7, 11) is 0. The molecular weight excluding hydrogens is 366 g/mol. The lowest BCUT2D eigenvalue weighted by Crippen LogP contribution is -2.33. The molecule has 0 bridgehead atoms. The van der Waals surface area contributed by atoms with Gasteiger partial charge in [-0.3, -0.25) is 14.6 Å². The van der Waals surface area contributed by atoms with Gasteiger partial charge in [-0.1, -0.05) is 18.2 Å². The van der Waals surface area contributed by atoms with E-state index < -0.39 is 0 Å². The Morgan fingerprint density at radius 3 is 2.86 bits per heavy atom. The highest BCUT2D eigenvalue weighted by molar-refractivity contribution is 5.81. The Labute approximate surface area is 171 Å². The Balaban J connectivity index is 1.28. The SMILES string of the molecule is O=C(CCc1ccc2c(c1)CN(C(=O)C1CC1)CCO2)NCCc1ccccn1. The molecule has 1 N–H and O–H groups in total. The topological polar surface area (TPSA) is 71.5 Å². The number of nitrogens with zero attached hydrogens (tertiary/aromatic N) is 2. The fraction of sp³-hybridized carbons (Fsp3) is 0.435. The van der Waals surface area contributed by atoms with Gasteiger partial charge in [0.2, 0.25) is 11.8 Å². The average Bonchev–Trinajstić information content (AvgIpc) is 3.59. The maximum Gasteiger partial charge on any atom is 0.226 e. The predicted molar refractivity (Wildman–Crippen MR) is 109 cm³/mol. The van der Waals surface area contributed by atoms with Crippen LogP contribution in [-0.2, 0) is 29.0 Å². The average molecular weight is 393 g/mol. The van der Waals surface area contributed by atoms with Gasteiger partial charge in [0, 0.05) is 49.3 Å². The summed E-state index contributed by atoms with van der Waals surface area (Å²) in [5.41, 5.74) is 3.10. The maximum atomic E-state index is 12.4. The van der Waals surface area contributed by atoms with Crippen LogP contribution in [0.5, 0.6) is 5.75 Å². The summed E-state index contributed by atoms with van der Waals surface area (Å²) < 4.78 is 5.83. The molecule has 2 aliphatic rings. The zero-order chi connectivity index (χ0) is 20.1. The zero-order valence-corrected chi connectivity index (χ0v) is 16.6. The smallest absolute Gasteiger partial charge is 0.226 e. The molecule has 1 aliphatic carbocycles. The van der Waals surface area contributed by atoms with Crippen molar-refractivity contribution in [2.75, 3.05) is 19.7 Å². The van der Waals surface area contributed by atoms with Gasteiger partial charge < -0.3 is 15.0 Å². The van der Waals surface area contributed by atoms with Crippen molar-refractivity contribution in [1.82, 2.24) is 15.2 Å². The molecule has 1 aliphatic heterocycles. The van der Waals surface area contributed by atoms with E-state index in [9.17, 15) is 9.59 Å². The summed E-state index contributed by atoms with van der Waals surface area (Å²) in [5.74, 6) is 1.35. The van der Waals surface area contributed by atoms with Crippen molar-refractivity contribution in [2.45, 2.75) is 38.6 Å². The number of fused-ring (bicyclic) bond motifs is 1. The monoisotopic (exact) mass is 393 g/mol. The Hall–Kier alpha value is -2.89. The van der Waals surface area contributed by atoms with Gasteiger partial charge in [0.05, 0.1) is 6.54 Å².